The van der Waals surface area contributed by atoms with Crippen LogP contribution in [0.25, 0.3) is 0 Å². The summed E-state index contributed by atoms with van der Waals surface area (Å²) in [5, 5.41) is 0. The van der Waals surface area contributed by atoms with Crippen molar-refractivity contribution < 1.29 is 27.7 Å². The molecule has 0 aromatic heterocycles. The van der Waals surface area contributed by atoms with Gasteiger partial charge in [-0.3, -0.25) is 0 Å². The Kier molecular flexibility index (Phi) is 2.93. The van der Waals surface area contributed by atoms with Crippen molar-refractivity contribution in [2.24, 2.45) is 0 Å². The van der Waals surface area contributed by atoms with E-state index in [1.54, 1.807) is 6.07 Å². The van der Waals surface area contributed by atoms with Gasteiger partial charge in [0, 0.05) is 0 Å². The molecule has 0 saturated heterocycles. The molecule has 0 aliphatic carbocycles. The van der Waals surface area contributed by atoms with Crippen LogP contribution in [-0.2, 0) is 23.3 Å². The van der Waals surface area contributed by atoms with Gasteiger partial charge in [-0.15, -0.1) is 0 Å². The molecule has 1 aromatic rings. The zero-order valence-electron chi connectivity index (χ0n) is 4.77. The van der Waals surface area contributed by atoms with Crippen LogP contribution >= 0.6 is 8.25 Å². The van der Waals surface area contributed by atoms with Gasteiger partial charge >= 0.3 is 69.1 Å². The molecular formula is C6H4ClFHg. The van der Waals surface area contributed by atoms with Crippen LogP contribution in [0.2, 0.25) is 0 Å². The van der Waals surface area contributed by atoms with Gasteiger partial charge in [-0.2, -0.15) is 0 Å². The van der Waals surface area contributed by atoms with Crippen LogP contribution in [0.5, 0.6) is 0 Å². The van der Waals surface area contributed by atoms with Gasteiger partial charge in [0.05, 0.1) is 0 Å². The fourth-order valence-corrected chi connectivity index (χ4v) is 4.01. The molecule has 0 fully saturated rings. The van der Waals surface area contributed by atoms with Crippen LogP contribution < -0.4 is 3.07 Å². The van der Waals surface area contributed by atoms with Crippen LogP contribution in [0.3, 0.4) is 0 Å². The van der Waals surface area contributed by atoms with Gasteiger partial charge in [-0.1, -0.05) is 0 Å². The summed E-state index contributed by atoms with van der Waals surface area (Å²) >= 11 is -1.34. The van der Waals surface area contributed by atoms with Gasteiger partial charge in [0.25, 0.3) is 0 Å². The first-order valence-corrected chi connectivity index (χ1v) is 12.1. The second-order valence-electron chi connectivity index (χ2n) is 1.76. The van der Waals surface area contributed by atoms with Gasteiger partial charge in [0.1, 0.15) is 0 Å². The zero-order valence-corrected chi connectivity index (χ0v) is 11.0. The van der Waals surface area contributed by atoms with Crippen molar-refractivity contribution in [1.82, 2.24) is 0 Å². The van der Waals surface area contributed by atoms with Crippen molar-refractivity contribution in [3.63, 3.8) is 0 Å². The number of benzene rings is 1. The van der Waals surface area contributed by atoms with Gasteiger partial charge in [-0.05, 0) is 0 Å². The van der Waals surface area contributed by atoms with Crippen molar-refractivity contribution >= 4 is 11.3 Å². The van der Waals surface area contributed by atoms with Gasteiger partial charge < -0.3 is 0 Å². The number of halogens is 2. The van der Waals surface area contributed by atoms with E-state index in [2.05, 4.69) is 0 Å². The van der Waals surface area contributed by atoms with Gasteiger partial charge in [-0.25, -0.2) is 0 Å². The average Bonchev–Trinajstić information content (AvgIpc) is 1.88. The second kappa shape index (κ2) is 3.52. The van der Waals surface area contributed by atoms with Crippen molar-refractivity contribution in [2.75, 3.05) is 0 Å². The maximum atomic E-state index is 12.3. The third-order valence-electron chi connectivity index (χ3n) is 1.04. The molecule has 1 rings (SSSR count). The Bertz CT molecular complexity index is 202. The monoisotopic (exact) mass is 332 g/mol. The molecular weight excluding hydrogens is 327 g/mol. The van der Waals surface area contributed by atoms with E-state index in [9.17, 15) is 4.39 Å². The van der Waals surface area contributed by atoms with E-state index in [1.165, 1.54) is 12.1 Å². The fraction of sp³-hybridized carbons (Fsp3) is 0. The third kappa shape index (κ3) is 2.22. The van der Waals surface area contributed by atoms with E-state index in [-0.39, 0.29) is 5.82 Å². The third-order valence-corrected chi connectivity index (χ3v) is 6.66. The predicted octanol–water partition coefficient (Wildman–Crippen LogP) is 1.69. The Morgan fingerprint density at radius 1 is 1.44 bits per heavy atom. The molecule has 0 radical (unpaired) electrons. The van der Waals surface area contributed by atoms with Crippen LogP contribution in [0.15, 0.2) is 24.3 Å². The molecule has 0 nitrogen and oxygen atoms in total. The van der Waals surface area contributed by atoms with Crippen molar-refractivity contribution in [1.29, 1.82) is 0 Å². The molecule has 0 saturated carbocycles. The molecule has 0 N–H and O–H groups in total. The molecule has 0 atom stereocenters. The van der Waals surface area contributed by atoms with E-state index in [4.69, 9.17) is 8.25 Å². The Balaban J connectivity index is 2.94. The Morgan fingerprint density at radius 3 is 2.67 bits per heavy atom. The molecule has 0 heterocycles. The van der Waals surface area contributed by atoms with E-state index in [1.807, 2.05) is 6.07 Å². The first kappa shape index (κ1) is 7.48. The number of hydrogen-bond acceptors (Lipinski definition) is 0. The first-order chi connectivity index (χ1) is 4.33. The molecule has 44 valence electrons. The maximum absolute atomic E-state index is 12.3. The standard InChI is InChI=1S/C6H4F.ClH.Hg/c7-6-4-2-1-3-5-6;;/h1-2,4-5H;1H;/q;;+1/p-1. The van der Waals surface area contributed by atoms with Crippen molar-refractivity contribution in [3.05, 3.63) is 30.1 Å². The quantitative estimate of drug-likeness (QED) is 0.687. The van der Waals surface area contributed by atoms with Crippen LogP contribution in [0, 0.1) is 5.82 Å². The fourth-order valence-electron chi connectivity index (χ4n) is 0.620. The number of hydrogen-bond donors (Lipinski definition) is 0. The molecule has 0 unspecified atom stereocenters. The summed E-state index contributed by atoms with van der Waals surface area (Å²) in [5.41, 5.74) is 0. The average molecular weight is 331 g/mol. The Morgan fingerprint density at radius 2 is 2.22 bits per heavy atom. The summed E-state index contributed by atoms with van der Waals surface area (Å²) in [4.78, 5) is 0. The normalized spacial score (nSPS) is 8.67. The first-order valence-electron chi connectivity index (χ1n) is 2.63. The minimum absolute atomic E-state index is 0.173. The summed E-state index contributed by atoms with van der Waals surface area (Å²) < 4.78 is 13.4. The van der Waals surface area contributed by atoms with Crippen molar-refractivity contribution in [2.45, 2.75) is 0 Å². The predicted molar refractivity (Wildman–Crippen MR) is 31.9 cm³/mol. The second-order valence-corrected chi connectivity index (χ2v) is 8.32. The minimum atomic E-state index is -1.34. The zero-order chi connectivity index (χ0) is 6.69. The van der Waals surface area contributed by atoms with Crippen molar-refractivity contribution in [3.8, 4) is 0 Å². The number of rotatable bonds is 1. The molecule has 0 amide bonds. The molecule has 9 heavy (non-hydrogen) atoms. The summed E-state index contributed by atoms with van der Waals surface area (Å²) in [7, 11) is 5.65. The molecule has 0 spiro atoms. The molecule has 0 bridgehead atoms. The van der Waals surface area contributed by atoms with E-state index in [0.717, 1.165) is 3.07 Å². The Labute approximate surface area is 68.9 Å². The topological polar surface area (TPSA) is 0 Å². The van der Waals surface area contributed by atoms with Crippen LogP contribution in [-0.4, -0.2) is 0 Å². The molecule has 0 aliphatic heterocycles. The van der Waals surface area contributed by atoms with Gasteiger partial charge in [0.2, 0.25) is 0 Å². The van der Waals surface area contributed by atoms with E-state index < -0.39 is 23.3 Å². The van der Waals surface area contributed by atoms with Crippen LogP contribution in [0.4, 0.5) is 4.39 Å². The SMILES string of the molecule is Fc1ccc[c]([Hg][Cl])c1. The van der Waals surface area contributed by atoms with E-state index >= 15 is 0 Å². The Hall–Kier alpha value is 0.375. The summed E-state index contributed by atoms with van der Waals surface area (Å²) in [6, 6.07) is 6.54. The van der Waals surface area contributed by atoms with E-state index in [0.29, 0.717) is 0 Å². The summed E-state index contributed by atoms with van der Waals surface area (Å²) in [5.74, 6) is -0.173. The molecule has 1 aromatic carbocycles. The molecule has 3 heteroatoms. The van der Waals surface area contributed by atoms with Gasteiger partial charge in [0.15, 0.2) is 0 Å². The molecule has 0 aliphatic rings. The summed E-state index contributed by atoms with van der Waals surface area (Å²) in [6.07, 6.45) is 0. The summed E-state index contributed by atoms with van der Waals surface area (Å²) in [6.45, 7) is 0. The van der Waals surface area contributed by atoms with Crippen LogP contribution in [0.1, 0.15) is 0 Å².